The Kier molecular flexibility index (Phi) is 42.9. The third-order valence-electron chi connectivity index (χ3n) is 15.5. The zero-order valence-corrected chi connectivity index (χ0v) is 70.0. The molecule has 0 aromatic heterocycles. The van der Waals surface area contributed by atoms with Crippen molar-refractivity contribution < 1.29 is 118 Å². The number of aryl methyl sites for hydroxylation is 1. The van der Waals surface area contributed by atoms with Crippen LogP contribution < -0.4 is 28.6 Å². The molecule has 25 nitrogen and oxygen atoms in total. The number of carbonyl (C=O) groups is 10. The fraction of sp³-hybridized carbons (Fsp3) is 0.153. The molecule has 12 rings (SSSR count). The quantitative estimate of drug-likeness (QED) is 0.0219. The maximum absolute atomic E-state index is 10.9. The number of phenolic OH excluding ortho intramolecular Hbond substituents is 9. The lowest BCUT2D eigenvalue weighted by Crippen LogP contribution is -2.21. The number of benzene rings is 11. The molecule has 0 aliphatic heterocycles. The number of nitrogens with zero attached hydrogens (tertiary/aromatic N) is 1. The van der Waals surface area contributed by atoms with Gasteiger partial charge in [-0.2, -0.15) is 0 Å². The molecule has 29 heteroatoms. The smallest absolute Gasteiger partial charge is 0.172 e. The van der Waals surface area contributed by atoms with Crippen molar-refractivity contribution in [3.63, 3.8) is 0 Å². The van der Waals surface area contributed by atoms with Crippen LogP contribution in [0.2, 0.25) is 0 Å². The largest absolute Gasteiger partial charge is 0.508 e. The van der Waals surface area contributed by atoms with Crippen LogP contribution in [-0.2, 0) is 4.79 Å². The first-order valence-electron chi connectivity index (χ1n) is 33.5. The number of halogens is 4. The second-order valence-corrected chi connectivity index (χ2v) is 27.2. The van der Waals surface area contributed by atoms with Crippen LogP contribution in [0.3, 0.4) is 0 Å². The van der Waals surface area contributed by atoms with Crippen molar-refractivity contribution in [2.75, 3.05) is 53.5 Å². The van der Waals surface area contributed by atoms with Crippen molar-refractivity contribution in [3.8, 4) is 80.5 Å². The van der Waals surface area contributed by atoms with E-state index in [4.69, 9.17) is 44.1 Å². The normalized spacial score (nSPS) is 10.2. The minimum atomic E-state index is -0.199. The molecule has 1 aliphatic carbocycles. The third-order valence-corrected chi connectivity index (χ3v) is 18.2. The molecule has 0 amide bonds. The van der Waals surface area contributed by atoms with E-state index in [1.165, 1.54) is 75.9 Å². The molecule has 0 atom stereocenters. The maximum Gasteiger partial charge on any atom is 0.172 e. The summed E-state index contributed by atoms with van der Waals surface area (Å²) in [5.41, 5.74) is 5.36. The van der Waals surface area contributed by atoms with E-state index >= 15 is 0 Å². The van der Waals surface area contributed by atoms with Gasteiger partial charge in [0.1, 0.15) is 64.9 Å². The van der Waals surface area contributed by atoms with Gasteiger partial charge >= 0.3 is 0 Å². The standard InChI is InChI=1S/2C12H10O2.C11H15NO2.2C8H7BrO3.C8H7IO3.C8H7IO2.2C7H6O3.C4H6O/c1-14-12-7-6-9(8-13)10-4-2-3-5-11(10)12;1-14-12-7-6-9-4-2-3-5-10(9)11(12)8-13;1-3-12(4-2)10-6-5-9(8-13)11(14)7-10;1-12-7-3-6(9)2-5(4-10)8(7)11;2*1-12-7-3-5(4-10)2-6(9)8(7)11;1-5-2-6(4-10)8(11)7(9)3-5;8-4-5-3-6(9)1-2-7(5)10;8-4-5-1-2-6(9)3-7(5)10;5-3-4-1-2-4/h2*2-8H,1H3;5-8,14H,3-4H2,1-2H3;3*2-4,11H,1H3;2-4,11H,1H3;2*1-4,9-10H;3-4H,1-2H2. The van der Waals surface area contributed by atoms with E-state index in [0.717, 1.165) is 89.4 Å². The minimum absolute atomic E-state index is 0.00287. The summed E-state index contributed by atoms with van der Waals surface area (Å²) >= 11 is 10.2. The summed E-state index contributed by atoms with van der Waals surface area (Å²) in [6, 6.07) is 48.1. The van der Waals surface area contributed by atoms with E-state index in [1.807, 2.05) is 145 Å². The highest BCUT2D eigenvalue weighted by Crippen LogP contribution is 2.37. The number of ether oxygens (including phenoxy) is 5. The Morgan fingerprint density at radius 2 is 0.851 bits per heavy atom. The first-order chi connectivity index (χ1) is 54.6. The lowest BCUT2D eigenvalue weighted by molar-refractivity contribution is -0.108. The van der Waals surface area contributed by atoms with Gasteiger partial charge in [-0.25, -0.2) is 0 Å². The number of aromatic hydroxyl groups is 9. The highest BCUT2D eigenvalue weighted by atomic mass is 127. The van der Waals surface area contributed by atoms with Crippen molar-refractivity contribution in [1.29, 1.82) is 0 Å². The summed E-state index contributed by atoms with van der Waals surface area (Å²) < 4.78 is 27.3. The van der Waals surface area contributed by atoms with Gasteiger partial charge in [0, 0.05) is 63.4 Å². The van der Waals surface area contributed by atoms with Gasteiger partial charge in [0.25, 0.3) is 0 Å². The molecule has 598 valence electrons. The van der Waals surface area contributed by atoms with Crippen LogP contribution in [0, 0.1) is 20.0 Å². The molecule has 0 spiro atoms. The molecule has 9 N–H and O–H groups in total. The summed E-state index contributed by atoms with van der Waals surface area (Å²) in [5, 5.41) is 86.0. The predicted octanol–water partition coefficient (Wildman–Crippen LogP) is 17.7. The predicted molar refractivity (Wildman–Crippen MR) is 457 cm³/mol. The third kappa shape index (κ3) is 30.3. The number of rotatable bonds is 18. The Hall–Kier alpha value is -11.9. The van der Waals surface area contributed by atoms with Crippen LogP contribution in [0.25, 0.3) is 21.5 Å². The van der Waals surface area contributed by atoms with Crippen molar-refractivity contribution in [3.05, 3.63) is 248 Å². The Balaban J connectivity index is 0.000000330. The number of hydrogen-bond donors (Lipinski definition) is 9. The van der Waals surface area contributed by atoms with Crippen LogP contribution in [-0.4, -0.2) is 157 Å². The second kappa shape index (κ2) is 50.9. The molecular formula is C85H81Br2I2NO24. The second-order valence-electron chi connectivity index (χ2n) is 23.1. The first kappa shape index (κ1) is 96.3. The molecule has 1 aliphatic rings. The van der Waals surface area contributed by atoms with Gasteiger partial charge in [0.05, 0.1) is 80.5 Å². The summed E-state index contributed by atoms with van der Waals surface area (Å²) in [7, 11) is 7.49. The van der Waals surface area contributed by atoms with Crippen molar-refractivity contribution >= 4 is 167 Å². The zero-order chi connectivity index (χ0) is 85.1. The van der Waals surface area contributed by atoms with Crippen LogP contribution >= 0.6 is 77.0 Å². The molecule has 0 unspecified atom stereocenters. The number of fused-ring (bicyclic) bond motifs is 2. The monoisotopic (exact) mass is 1910 g/mol. The molecule has 1 fully saturated rings. The maximum atomic E-state index is 10.9. The van der Waals surface area contributed by atoms with Gasteiger partial charge in [-0.15, -0.1) is 0 Å². The fourth-order valence-corrected chi connectivity index (χ4v) is 11.7. The average molecular weight is 1910 g/mol. The molecule has 1 saturated carbocycles. The number of aldehydes is 10. The summed E-state index contributed by atoms with van der Waals surface area (Å²) in [6.45, 7) is 7.75. The summed E-state index contributed by atoms with van der Waals surface area (Å²) in [6.07, 6.45) is 9.30. The van der Waals surface area contributed by atoms with Gasteiger partial charge in [-0.3, -0.25) is 43.2 Å². The van der Waals surface area contributed by atoms with Gasteiger partial charge in [-0.05, 0) is 226 Å². The number of carbonyl (C=O) groups excluding carboxylic acids is 10. The van der Waals surface area contributed by atoms with Gasteiger partial charge in [0.2, 0.25) is 0 Å². The molecule has 11 aromatic rings. The Bertz CT molecular complexity index is 5020. The van der Waals surface area contributed by atoms with E-state index in [-0.39, 0.29) is 79.9 Å². The van der Waals surface area contributed by atoms with Crippen molar-refractivity contribution in [1.82, 2.24) is 0 Å². The van der Waals surface area contributed by atoms with E-state index in [0.29, 0.717) is 111 Å². The van der Waals surface area contributed by atoms with Gasteiger partial charge < -0.3 is 79.3 Å². The Labute approximate surface area is 700 Å². The van der Waals surface area contributed by atoms with Crippen LogP contribution in [0.1, 0.15) is 125 Å². The fourth-order valence-electron chi connectivity index (χ4n) is 9.39. The summed E-state index contributed by atoms with van der Waals surface area (Å²) in [5.74, 6) is 2.44. The molecule has 0 saturated heterocycles. The zero-order valence-electron chi connectivity index (χ0n) is 62.5. The molecule has 0 radical (unpaired) electrons. The van der Waals surface area contributed by atoms with E-state index in [2.05, 4.69) is 36.8 Å². The van der Waals surface area contributed by atoms with Gasteiger partial charge in [0.15, 0.2) is 78.5 Å². The number of methoxy groups -OCH3 is 5. The number of phenols is 9. The summed E-state index contributed by atoms with van der Waals surface area (Å²) in [4.78, 5) is 106. The number of anilines is 1. The van der Waals surface area contributed by atoms with Crippen molar-refractivity contribution in [2.45, 2.75) is 33.6 Å². The Morgan fingerprint density at radius 1 is 0.386 bits per heavy atom. The van der Waals surface area contributed by atoms with Crippen LogP contribution in [0.15, 0.2) is 185 Å². The van der Waals surface area contributed by atoms with Gasteiger partial charge in [-0.1, -0.05) is 70.5 Å². The topological polar surface area (TPSA) is 402 Å². The lowest BCUT2D eigenvalue weighted by Gasteiger charge is -2.21. The van der Waals surface area contributed by atoms with E-state index < -0.39 is 0 Å². The molecular weight excluding hydrogens is 1830 g/mol. The highest BCUT2D eigenvalue weighted by Gasteiger charge is 2.19. The minimum Gasteiger partial charge on any atom is -0.508 e. The van der Waals surface area contributed by atoms with E-state index in [1.54, 1.807) is 50.6 Å². The molecule has 0 bridgehead atoms. The van der Waals surface area contributed by atoms with E-state index in [9.17, 15) is 73.5 Å². The first-order valence-corrected chi connectivity index (χ1v) is 37.3. The van der Waals surface area contributed by atoms with Crippen molar-refractivity contribution in [2.24, 2.45) is 5.92 Å². The average Bonchev–Trinajstić information content (AvgIpc) is 0.914. The van der Waals surface area contributed by atoms with Crippen LogP contribution in [0.5, 0.6) is 80.5 Å². The Morgan fingerprint density at radius 3 is 1.34 bits per heavy atom. The lowest BCUT2D eigenvalue weighted by atomic mass is 10.0. The van der Waals surface area contributed by atoms with Crippen LogP contribution in [0.4, 0.5) is 5.69 Å². The SMILES string of the molecule is CCN(CC)c1ccc(C=O)c(O)c1.COc1cc(Br)cc(C=O)c1O.COc1cc(C=O)cc(Br)c1O.COc1cc(C=O)cc(I)c1O.COc1ccc(C=O)c2ccccc12.COc1ccc2ccccc2c1C=O.Cc1cc(I)c(O)c(C=O)c1.O=CC1CC1.O=Cc1cc(O)ccc1O.O=Cc1ccc(O)cc1O. The molecule has 0 heterocycles. The molecule has 114 heavy (non-hydrogen) atoms. The number of hydrogen-bond acceptors (Lipinski definition) is 25. The molecule has 11 aromatic carbocycles. The highest BCUT2D eigenvalue weighted by molar-refractivity contribution is 14.1.